The molecule has 1 rings (SSSR count). The number of nitrogens with zero attached hydrogens (tertiary/aromatic N) is 1. The fourth-order valence-corrected chi connectivity index (χ4v) is 2.55. The van der Waals surface area contributed by atoms with E-state index in [-0.39, 0.29) is 19.3 Å². The molecular weight excluding hydrogens is 444 g/mol. The van der Waals surface area contributed by atoms with Gasteiger partial charge in [0.05, 0.1) is 18.8 Å². The van der Waals surface area contributed by atoms with E-state index < -0.39 is 66.2 Å². The lowest BCUT2D eigenvalue weighted by Gasteiger charge is -2.23. The summed E-state index contributed by atoms with van der Waals surface area (Å²) in [6.45, 7) is 1.15. The minimum atomic E-state index is -1.64. The Kier molecular flexibility index (Phi) is 10.4. The number of carbonyl (C=O) groups is 6. The zero-order valence-corrected chi connectivity index (χ0v) is 17.6. The van der Waals surface area contributed by atoms with Crippen molar-refractivity contribution in [2.75, 3.05) is 0 Å². The molecule has 0 radical (unpaired) electrons. The molecule has 9 N–H and O–H groups in total. The molecule has 182 valence electrons. The maximum absolute atomic E-state index is 12.8. The molecule has 0 aliphatic heterocycles. The van der Waals surface area contributed by atoms with E-state index in [9.17, 15) is 28.8 Å². The van der Waals surface area contributed by atoms with E-state index in [0.29, 0.717) is 5.69 Å². The highest BCUT2D eigenvalue weighted by atomic mass is 16.4. The van der Waals surface area contributed by atoms with Crippen molar-refractivity contribution in [1.29, 1.82) is 0 Å². The summed E-state index contributed by atoms with van der Waals surface area (Å²) in [7, 11) is 0. The Morgan fingerprint density at radius 3 is 2.09 bits per heavy atom. The van der Waals surface area contributed by atoms with Crippen LogP contribution >= 0.6 is 0 Å². The quantitative estimate of drug-likeness (QED) is 0.137. The molecule has 0 aliphatic rings. The van der Waals surface area contributed by atoms with Crippen molar-refractivity contribution in [2.24, 2.45) is 5.73 Å². The van der Waals surface area contributed by atoms with E-state index in [1.165, 1.54) is 12.5 Å². The minimum absolute atomic E-state index is 0.143. The lowest BCUT2D eigenvalue weighted by Crippen LogP contribution is -2.57. The molecule has 1 aromatic heterocycles. The Bertz CT molecular complexity index is 873. The molecule has 15 heteroatoms. The van der Waals surface area contributed by atoms with E-state index in [4.69, 9.17) is 21.1 Å². The monoisotopic (exact) mass is 470 g/mol. The van der Waals surface area contributed by atoms with Crippen LogP contribution in [0.2, 0.25) is 0 Å². The number of carbonyl (C=O) groups excluding carboxylic acids is 3. The van der Waals surface area contributed by atoms with Gasteiger partial charge in [0.1, 0.15) is 18.1 Å². The molecule has 0 saturated carbocycles. The molecule has 4 atom stereocenters. The van der Waals surface area contributed by atoms with Crippen LogP contribution in [0, 0.1) is 0 Å². The molecule has 33 heavy (non-hydrogen) atoms. The number of aromatic nitrogens is 2. The van der Waals surface area contributed by atoms with Gasteiger partial charge >= 0.3 is 17.9 Å². The summed E-state index contributed by atoms with van der Waals surface area (Å²) in [5.41, 5.74) is 6.07. The number of imidazole rings is 1. The van der Waals surface area contributed by atoms with Crippen molar-refractivity contribution >= 4 is 35.6 Å². The maximum atomic E-state index is 12.8. The second-order valence-electron chi connectivity index (χ2n) is 7.11. The molecule has 0 bridgehead atoms. The van der Waals surface area contributed by atoms with Crippen molar-refractivity contribution < 1.29 is 44.1 Å². The van der Waals surface area contributed by atoms with E-state index in [1.807, 2.05) is 0 Å². The summed E-state index contributed by atoms with van der Waals surface area (Å²) >= 11 is 0. The topological polar surface area (TPSA) is 254 Å². The first-order valence-electron chi connectivity index (χ1n) is 9.71. The zero-order valence-electron chi connectivity index (χ0n) is 17.6. The molecule has 1 heterocycles. The average Bonchev–Trinajstić information content (AvgIpc) is 3.23. The van der Waals surface area contributed by atoms with Gasteiger partial charge in [0.2, 0.25) is 17.7 Å². The third kappa shape index (κ3) is 9.77. The first kappa shape index (κ1) is 27.0. The second-order valence-corrected chi connectivity index (χ2v) is 7.11. The average molecular weight is 470 g/mol. The van der Waals surface area contributed by atoms with Gasteiger partial charge in [0.25, 0.3) is 0 Å². The largest absolute Gasteiger partial charge is 0.481 e. The van der Waals surface area contributed by atoms with Crippen LogP contribution in [-0.4, -0.2) is 85.1 Å². The number of hydrogen-bond donors (Lipinski definition) is 8. The number of H-pyrrole nitrogens is 1. The van der Waals surface area contributed by atoms with Gasteiger partial charge in [-0.05, 0) is 13.3 Å². The second kappa shape index (κ2) is 12.7. The van der Waals surface area contributed by atoms with Crippen molar-refractivity contribution in [3.05, 3.63) is 18.2 Å². The Morgan fingerprint density at radius 2 is 1.58 bits per heavy atom. The normalized spacial score (nSPS) is 14.2. The molecule has 3 amide bonds. The lowest BCUT2D eigenvalue weighted by molar-refractivity contribution is -0.143. The van der Waals surface area contributed by atoms with Gasteiger partial charge in [-0.15, -0.1) is 0 Å². The molecular formula is C18H26N6O9. The van der Waals surface area contributed by atoms with Gasteiger partial charge in [-0.1, -0.05) is 0 Å². The fraction of sp³-hybridized carbons (Fsp3) is 0.500. The van der Waals surface area contributed by atoms with Crippen molar-refractivity contribution in [1.82, 2.24) is 25.9 Å². The number of nitrogens with one attached hydrogen (secondary N) is 4. The smallest absolute Gasteiger partial charge is 0.325 e. The predicted molar refractivity (Wildman–Crippen MR) is 108 cm³/mol. The molecule has 0 saturated heterocycles. The van der Waals surface area contributed by atoms with Crippen LogP contribution in [0.15, 0.2) is 12.5 Å². The van der Waals surface area contributed by atoms with Gasteiger partial charge < -0.3 is 42.0 Å². The molecule has 0 aliphatic carbocycles. The van der Waals surface area contributed by atoms with E-state index in [1.54, 1.807) is 0 Å². The minimum Gasteiger partial charge on any atom is -0.481 e. The van der Waals surface area contributed by atoms with Gasteiger partial charge in [0.15, 0.2) is 0 Å². The van der Waals surface area contributed by atoms with Crippen LogP contribution in [0.25, 0.3) is 0 Å². The Morgan fingerprint density at radius 1 is 0.970 bits per heavy atom. The third-order valence-electron chi connectivity index (χ3n) is 4.36. The van der Waals surface area contributed by atoms with Crippen LogP contribution in [0.5, 0.6) is 0 Å². The molecule has 4 unspecified atom stereocenters. The Labute approximate surface area is 187 Å². The van der Waals surface area contributed by atoms with Gasteiger partial charge in [-0.2, -0.15) is 0 Å². The van der Waals surface area contributed by atoms with Crippen LogP contribution in [0.3, 0.4) is 0 Å². The SMILES string of the molecule is CC(NC(=O)C(CC(=O)O)NC(=O)C(Cc1cnc[nH]1)NC(=O)C(N)CCC(=O)O)C(=O)O. The zero-order chi connectivity index (χ0) is 25.1. The van der Waals surface area contributed by atoms with Crippen LogP contribution in [0.4, 0.5) is 0 Å². The highest BCUT2D eigenvalue weighted by Crippen LogP contribution is 2.04. The summed E-state index contributed by atoms with van der Waals surface area (Å²) < 4.78 is 0. The van der Waals surface area contributed by atoms with Gasteiger partial charge in [-0.25, -0.2) is 4.98 Å². The summed E-state index contributed by atoms with van der Waals surface area (Å²) in [6.07, 6.45) is 1.11. The Balaban J connectivity index is 2.99. The first-order valence-corrected chi connectivity index (χ1v) is 9.71. The third-order valence-corrected chi connectivity index (χ3v) is 4.36. The first-order chi connectivity index (χ1) is 15.4. The van der Waals surface area contributed by atoms with Crippen molar-refractivity contribution in [2.45, 2.75) is 56.8 Å². The van der Waals surface area contributed by atoms with Crippen LogP contribution < -0.4 is 21.7 Å². The van der Waals surface area contributed by atoms with Gasteiger partial charge in [-0.3, -0.25) is 28.8 Å². The predicted octanol–water partition coefficient (Wildman–Crippen LogP) is -2.82. The van der Waals surface area contributed by atoms with Gasteiger partial charge in [0, 0.05) is 24.7 Å². The molecule has 0 aromatic carbocycles. The molecule has 1 aromatic rings. The molecule has 0 fully saturated rings. The Hall–Kier alpha value is -4.01. The standard InChI is InChI=1S/C18H26N6O9/c1-8(18(32)33)22-16(30)12(5-14(27)28)24-17(31)11(4-9-6-20-7-21-9)23-15(29)10(19)2-3-13(25)26/h6-8,10-12H,2-5,19H2,1H3,(H,20,21)(H,22,30)(H,23,29)(H,24,31)(H,25,26)(H,27,28)(H,32,33). The number of hydrogen-bond acceptors (Lipinski definition) is 8. The maximum Gasteiger partial charge on any atom is 0.325 e. The number of nitrogens with two attached hydrogens (primary N) is 1. The van der Waals surface area contributed by atoms with Crippen LogP contribution in [-0.2, 0) is 35.2 Å². The van der Waals surface area contributed by atoms with Crippen molar-refractivity contribution in [3.63, 3.8) is 0 Å². The fourth-order valence-electron chi connectivity index (χ4n) is 2.55. The summed E-state index contributed by atoms with van der Waals surface area (Å²) in [5.74, 6) is -6.82. The highest BCUT2D eigenvalue weighted by molar-refractivity contribution is 5.95. The van der Waals surface area contributed by atoms with E-state index in [2.05, 4.69) is 25.9 Å². The number of aromatic amines is 1. The summed E-state index contributed by atoms with van der Waals surface area (Å²) in [6, 6.07) is -5.57. The number of carboxylic acid groups (broad SMARTS) is 3. The molecule has 15 nitrogen and oxygen atoms in total. The number of amides is 3. The van der Waals surface area contributed by atoms with E-state index in [0.717, 1.165) is 6.92 Å². The number of rotatable bonds is 14. The van der Waals surface area contributed by atoms with Crippen LogP contribution in [0.1, 0.15) is 31.9 Å². The van der Waals surface area contributed by atoms with E-state index >= 15 is 0 Å². The highest BCUT2D eigenvalue weighted by Gasteiger charge is 2.31. The summed E-state index contributed by atoms with van der Waals surface area (Å²) in [4.78, 5) is 76.8. The molecule has 0 spiro atoms. The van der Waals surface area contributed by atoms with Crippen molar-refractivity contribution in [3.8, 4) is 0 Å². The number of carboxylic acids is 3. The number of aliphatic carboxylic acids is 3. The lowest BCUT2D eigenvalue weighted by atomic mass is 10.1. The summed E-state index contributed by atoms with van der Waals surface area (Å²) in [5, 5.41) is 33.3.